The number of amides is 2. The number of carbonyl (C=O) groups excluding carboxylic acids is 1. The Labute approximate surface area is 93.5 Å². The van der Waals surface area contributed by atoms with Crippen LogP contribution in [-0.2, 0) is 4.74 Å². The van der Waals surface area contributed by atoms with E-state index in [9.17, 15) is 4.79 Å². The van der Waals surface area contributed by atoms with Crippen LogP contribution in [-0.4, -0.2) is 29.5 Å². The average Bonchev–Trinajstić information content (AvgIpc) is 2.64. The second kappa shape index (κ2) is 5.53. The van der Waals surface area contributed by atoms with Crippen molar-refractivity contribution in [3.63, 3.8) is 0 Å². The molecule has 0 aromatic carbocycles. The van der Waals surface area contributed by atoms with Gasteiger partial charge in [-0.2, -0.15) is 0 Å². The number of rotatable bonds is 5. The molecule has 1 rings (SSSR count). The van der Waals surface area contributed by atoms with Gasteiger partial charge in [-0.15, -0.1) is 0 Å². The summed E-state index contributed by atoms with van der Waals surface area (Å²) in [7, 11) is 0. The second-order valence-corrected chi connectivity index (χ2v) is 3.42. The molecular weight excluding hydrogens is 212 g/mol. The highest BCUT2D eigenvalue weighted by atomic mass is 16.5. The summed E-state index contributed by atoms with van der Waals surface area (Å²) in [5, 5.41) is 9.37. The first-order chi connectivity index (χ1) is 7.50. The summed E-state index contributed by atoms with van der Waals surface area (Å²) in [6.45, 7) is 3.88. The van der Waals surface area contributed by atoms with Crippen LogP contribution in [0.2, 0.25) is 0 Å². The van der Waals surface area contributed by atoms with Crippen molar-refractivity contribution >= 4 is 6.03 Å². The van der Waals surface area contributed by atoms with Gasteiger partial charge in [-0.3, -0.25) is 5.21 Å². The zero-order chi connectivity index (χ0) is 12.1. The van der Waals surface area contributed by atoms with Gasteiger partial charge in [0.05, 0.1) is 13.2 Å². The van der Waals surface area contributed by atoms with Crippen molar-refractivity contribution < 1.29 is 19.2 Å². The minimum atomic E-state index is -0.898. The largest absolute Gasteiger partial charge is 0.464 e. The third kappa shape index (κ3) is 3.56. The van der Waals surface area contributed by atoms with Crippen LogP contribution < -0.4 is 5.73 Å². The number of ether oxygens (including phenoxy) is 1. The molecule has 0 aliphatic heterocycles. The van der Waals surface area contributed by atoms with E-state index in [1.54, 1.807) is 0 Å². The van der Waals surface area contributed by atoms with Crippen LogP contribution in [0.3, 0.4) is 0 Å². The van der Waals surface area contributed by atoms with Gasteiger partial charge in [-0.1, -0.05) is 0 Å². The van der Waals surface area contributed by atoms with Crippen LogP contribution in [0, 0.1) is 6.92 Å². The molecule has 1 aromatic rings. The first-order valence-corrected chi connectivity index (χ1v) is 4.94. The van der Waals surface area contributed by atoms with Crippen molar-refractivity contribution in [2.24, 2.45) is 5.73 Å². The van der Waals surface area contributed by atoms with E-state index >= 15 is 0 Å². The summed E-state index contributed by atoms with van der Waals surface area (Å²) in [4.78, 5) is 10.5. The number of carbonyl (C=O) groups is 1. The van der Waals surface area contributed by atoms with E-state index in [-0.39, 0.29) is 19.3 Å². The van der Waals surface area contributed by atoms with Crippen molar-refractivity contribution in [2.45, 2.75) is 20.0 Å². The Morgan fingerprint density at radius 1 is 1.69 bits per heavy atom. The normalized spacial score (nSPS) is 12.4. The highest BCUT2D eigenvalue weighted by Crippen LogP contribution is 2.18. The van der Waals surface area contributed by atoms with Crippen LogP contribution >= 0.6 is 0 Å². The SMILES string of the molecule is Cc1ccc(C(C)OCCN(O)C(N)=O)o1. The average molecular weight is 228 g/mol. The van der Waals surface area contributed by atoms with E-state index in [4.69, 9.17) is 20.1 Å². The first-order valence-electron chi connectivity index (χ1n) is 4.94. The summed E-state index contributed by atoms with van der Waals surface area (Å²) < 4.78 is 10.7. The number of urea groups is 1. The molecule has 1 heterocycles. The van der Waals surface area contributed by atoms with Crippen molar-refractivity contribution in [2.75, 3.05) is 13.2 Å². The molecule has 16 heavy (non-hydrogen) atoms. The van der Waals surface area contributed by atoms with Gasteiger partial charge < -0.3 is 14.9 Å². The van der Waals surface area contributed by atoms with Crippen LogP contribution in [0.5, 0.6) is 0 Å². The summed E-state index contributed by atoms with van der Waals surface area (Å²) in [5.41, 5.74) is 4.83. The van der Waals surface area contributed by atoms with Gasteiger partial charge in [0, 0.05) is 0 Å². The van der Waals surface area contributed by atoms with Gasteiger partial charge in [0.1, 0.15) is 17.6 Å². The lowest BCUT2D eigenvalue weighted by Gasteiger charge is -2.14. The molecule has 0 radical (unpaired) electrons. The molecule has 1 unspecified atom stereocenters. The molecule has 6 heteroatoms. The maximum absolute atomic E-state index is 10.5. The summed E-state index contributed by atoms with van der Waals surface area (Å²) >= 11 is 0. The maximum Gasteiger partial charge on any atom is 0.338 e. The monoisotopic (exact) mass is 228 g/mol. The van der Waals surface area contributed by atoms with Gasteiger partial charge in [-0.25, -0.2) is 9.86 Å². The van der Waals surface area contributed by atoms with Crippen molar-refractivity contribution in [1.82, 2.24) is 5.06 Å². The number of hydrogen-bond acceptors (Lipinski definition) is 4. The van der Waals surface area contributed by atoms with Crippen molar-refractivity contribution in [1.29, 1.82) is 0 Å². The molecule has 0 bridgehead atoms. The summed E-state index contributed by atoms with van der Waals surface area (Å²) in [5.74, 6) is 1.52. The lowest BCUT2D eigenvalue weighted by atomic mass is 10.3. The van der Waals surface area contributed by atoms with Gasteiger partial charge in [-0.05, 0) is 26.0 Å². The molecule has 0 fully saturated rings. The minimum Gasteiger partial charge on any atom is -0.464 e. The molecule has 1 aromatic heterocycles. The molecule has 3 N–H and O–H groups in total. The minimum absolute atomic E-state index is 0.0271. The molecule has 1 atom stereocenters. The zero-order valence-corrected chi connectivity index (χ0v) is 9.34. The van der Waals surface area contributed by atoms with Crippen molar-refractivity contribution in [3.8, 4) is 0 Å². The fraction of sp³-hybridized carbons (Fsp3) is 0.500. The van der Waals surface area contributed by atoms with E-state index in [1.165, 1.54) is 0 Å². The number of aryl methyl sites for hydroxylation is 1. The van der Waals surface area contributed by atoms with Crippen LogP contribution in [0.1, 0.15) is 24.5 Å². The Bertz CT molecular complexity index is 350. The van der Waals surface area contributed by atoms with E-state index in [1.807, 2.05) is 26.0 Å². The first kappa shape index (κ1) is 12.5. The van der Waals surface area contributed by atoms with Crippen LogP contribution in [0.15, 0.2) is 16.5 Å². The van der Waals surface area contributed by atoms with Crippen LogP contribution in [0.25, 0.3) is 0 Å². The Balaban J connectivity index is 2.30. The molecular formula is C10H16N2O4. The number of primary amides is 1. The highest BCUT2D eigenvalue weighted by Gasteiger charge is 2.11. The molecule has 0 saturated heterocycles. The van der Waals surface area contributed by atoms with Crippen molar-refractivity contribution in [3.05, 3.63) is 23.7 Å². The predicted octanol–water partition coefficient (Wildman–Crippen LogP) is 1.44. The third-order valence-electron chi connectivity index (χ3n) is 2.09. The predicted molar refractivity (Wildman–Crippen MR) is 55.9 cm³/mol. The highest BCUT2D eigenvalue weighted by molar-refractivity contribution is 5.70. The molecule has 0 saturated carbocycles. The molecule has 0 spiro atoms. The lowest BCUT2D eigenvalue weighted by Crippen LogP contribution is -2.35. The van der Waals surface area contributed by atoms with Crippen LogP contribution in [0.4, 0.5) is 4.79 Å². The molecule has 0 aliphatic carbocycles. The number of hydroxylamine groups is 2. The Kier molecular flexibility index (Phi) is 4.33. The smallest absolute Gasteiger partial charge is 0.338 e. The second-order valence-electron chi connectivity index (χ2n) is 3.42. The summed E-state index contributed by atoms with van der Waals surface area (Å²) in [6.07, 6.45) is -0.227. The number of nitrogens with zero attached hydrogens (tertiary/aromatic N) is 1. The fourth-order valence-electron chi connectivity index (χ4n) is 1.18. The molecule has 2 amide bonds. The van der Waals surface area contributed by atoms with E-state index in [0.29, 0.717) is 10.8 Å². The molecule has 90 valence electrons. The number of hydrogen-bond donors (Lipinski definition) is 2. The molecule has 6 nitrogen and oxygen atoms in total. The van der Waals surface area contributed by atoms with Gasteiger partial charge in [0.2, 0.25) is 0 Å². The van der Waals surface area contributed by atoms with E-state index in [0.717, 1.165) is 5.76 Å². The van der Waals surface area contributed by atoms with E-state index in [2.05, 4.69) is 0 Å². The quantitative estimate of drug-likeness (QED) is 0.589. The van der Waals surface area contributed by atoms with E-state index < -0.39 is 6.03 Å². The fourth-order valence-corrected chi connectivity index (χ4v) is 1.18. The topological polar surface area (TPSA) is 88.9 Å². The standard InChI is InChI=1S/C10H16N2O4/c1-7-3-4-9(16-7)8(2)15-6-5-12(14)10(11)13/h3-4,8,14H,5-6H2,1-2H3,(H2,11,13). The van der Waals surface area contributed by atoms with Gasteiger partial charge in [0.15, 0.2) is 0 Å². The van der Waals surface area contributed by atoms with Gasteiger partial charge in [0.25, 0.3) is 0 Å². The Hall–Kier alpha value is -1.53. The number of nitrogens with two attached hydrogens (primary N) is 1. The Morgan fingerprint density at radius 2 is 2.38 bits per heavy atom. The maximum atomic E-state index is 10.5. The number of furan rings is 1. The Morgan fingerprint density at radius 3 is 2.88 bits per heavy atom. The lowest BCUT2D eigenvalue weighted by molar-refractivity contribution is -0.0663. The third-order valence-corrected chi connectivity index (χ3v) is 2.09. The van der Waals surface area contributed by atoms with Gasteiger partial charge >= 0.3 is 6.03 Å². The summed E-state index contributed by atoms with van der Waals surface area (Å²) in [6, 6.07) is 2.77. The zero-order valence-electron chi connectivity index (χ0n) is 9.34. The molecule has 0 aliphatic rings.